The first-order chi connectivity index (χ1) is 19.1. The molecule has 194 valence electrons. The van der Waals surface area contributed by atoms with Crippen molar-refractivity contribution in [1.29, 1.82) is 0 Å². The standard InChI is InChI=1S/C30H27FN8/c1-18-9-20(12-22(31)10-18)23-5-6-33-29-27(23)35-30(36-29)28-24-13-25(34-16-26(24)37-38-28)21-11-19(14-32-15-21)17-39-7-3-2-4-8-39/h5-6,9-16H,2-4,7-8,17H2,1H3,(H,37,38)(H,33,35,36). The summed E-state index contributed by atoms with van der Waals surface area (Å²) < 4.78 is 14.2. The Hall–Kier alpha value is -4.50. The highest BCUT2D eigenvalue weighted by atomic mass is 19.1. The highest BCUT2D eigenvalue weighted by Gasteiger charge is 2.18. The van der Waals surface area contributed by atoms with Gasteiger partial charge in [-0.15, -0.1) is 0 Å². The van der Waals surface area contributed by atoms with E-state index in [0.29, 0.717) is 17.2 Å². The molecule has 39 heavy (non-hydrogen) atoms. The Balaban J connectivity index is 1.26. The number of benzene rings is 1. The molecule has 7 rings (SSSR count). The second-order valence-electron chi connectivity index (χ2n) is 10.3. The van der Waals surface area contributed by atoms with Gasteiger partial charge in [-0.25, -0.2) is 14.4 Å². The molecule has 0 spiro atoms. The van der Waals surface area contributed by atoms with Crippen LogP contribution in [-0.4, -0.2) is 53.1 Å². The number of fused-ring (bicyclic) bond motifs is 2. The quantitative estimate of drug-likeness (QED) is 0.288. The molecule has 1 aromatic carbocycles. The van der Waals surface area contributed by atoms with Crippen LogP contribution in [0.1, 0.15) is 30.4 Å². The van der Waals surface area contributed by atoms with Crippen LogP contribution < -0.4 is 0 Å². The van der Waals surface area contributed by atoms with Crippen molar-refractivity contribution in [3.8, 4) is 33.9 Å². The SMILES string of the molecule is Cc1cc(F)cc(-c2ccnc3nc(-c4n[nH]c5cnc(-c6cncc(CN7CCCCC7)c6)cc45)[nH]c23)c1. The summed E-state index contributed by atoms with van der Waals surface area (Å²) in [6.07, 6.45) is 11.1. The fourth-order valence-electron chi connectivity index (χ4n) is 5.50. The average Bonchev–Trinajstić information content (AvgIpc) is 3.57. The third kappa shape index (κ3) is 4.55. The van der Waals surface area contributed by atoms with Gasteiger partial charge >= 0.3 is 0 Å². The van der Waals surface area contributed by atoms with Crippen LogP contribution >= 0.6 is 0 Å². The molecular weight excluding hydrogens is 491 g/mol. The number of aryl methyl sites for hydroxylation is 1. The molecule has 5 aromatic heterocycles. The van der Waals surface area contributed by atoms with Crippen LogP contribution in [0.15, 0.2) is 61.2 Å². The lowest BCUT2D eigenvalue weighted by Crippen LogP contribution is -2.29. The minimum absolute atomic E-state index is 0.275. The summed E-state index contributed by atoms with van der Waals surface area (Å²) >= 11 is 0. The third-order valence-corrected chi connectivity index (χ3v) is 7.36. The minimum Gasteiger partial charge on any atom is -0.335 e. The highest BCUT2D eigenvalue weighted by Crippen LogP contribution is 2.32. The smallest absolute Gasteiger partial charge is 0.178 e. The fraction of sp³-hybridized carbons (Fsp3) is 0.233. The van der Waals surface area contributed by atoms with Crippen molar-refractivity contribution in [2.75, 3.05) is 13.1 Å². The van der Waals surface area contributed by atoms with Gasteiger partial charge < -0.3 is 4.98 Å². The largest absolute Gasteiger partial charge is 0.335 e. The molecule has 0 bridgehead atoms. The van der Waals surface area contributed by atoms with E-state index in [1.165, 1.54) is 37.0 Å². The van der Waals surface area contributed by atoms with Crippen LogP contribution in [0.3, 0.4) is 0 Å². The van der Waals surface area contributed by atoms with E-state index < -0.39 is 0 Å². The second-order valence-corrected chi connectivity index (χ2v) is 10.3. The van der Waals surface area contributed by atoms with E-state index in [2.05, 4.69) is 41.1 Å². The zero-order chi connectivity index (χ0) is 26.3. The van der Waals surface area contributed by atoms with Crippen molar-refractivity contribution < 1.29 is 4.39 Å². The van der Waals surface area contributed by atoms with Gasteiger partial charge in [0, 0.05) is 41.6 Å². The molecule has 1 saturated heterocycles. The zero-order valence-electron chi connectivity index (χ0n) is 21.6. The molecule has 1 fully saturated rings. The highest BCUT2D eigenvalue weighted by molar-refractivity contribution is 5.96. The number of aromatic nitrogens is 7. The normalized spacial score (nSPS) is 14.4. The van der Waals surface area contributed by atoms with Crippen molar-refractivity contribution in [1.82, 2.24) is 40.0 Å². The number of piperidine rings is 1. The second kappa shape index (κ2) is 9.67. The summed E-state index contributed by atoms with van der Waals surface area (Å²) in [4.78, 5) is 24.3. The lowest BCUT2D eigenvalue weighted by atomic mass is 10.0. The van der Waals surface area contributed by atoms with E-state index in [4.69, 9.17) is 4.98 Å². The van der Waals surface area contributed by atoms with Crippen LogP contribution in [0.4, 0.5) is 4.39 Å². The first kappa shape index (κ1) is 23.6. The molecule has 9 heteroatoms. The van der Waals surface area contributed by atoms with E-state index in [0.717, 1.165) is 64.0 Å². The van der Waals surface area contributed by atoms with Gasteiger partial charge in [0.1, 0.15) is 11.5 Å². The van der Waals surface area contributed by atoms with E-state index in [1.807, 2.05) is 37.5 Å². The Morgan fingerprint density at radius 3 is 2.72 bits per heavy atom. The number of rotatable bonds is 5. The van der Waals surface area contributed by atoms with Crippen LogP contribution in [0.5, 0.6) is 0 Å². The topological polar surface area (TPSA) is 99.3 Å². The maximum absolute atomic E-state index is 14.2. The minimum atomic E-state index is -0.275. The predicted octanol–water partition coefficient (Wildman–Crippen LogP) is 6.06. The van der Waals surface area contributed by atoms with E-state index >= 15 is 0 Å². The number of likely N-dealkylation sites (tertiary alicyclic amines) is 1. The van der Waals surface area contributed by atoms with Crippen molar-refractivity contribution in [2.45, 2.75) is 32.7 Å². The summed E-state index contributed by atoms with van der Waals surface area (Å²) in [6, 6.07) is 11.1. The summed E-state index contributed by atoms with van der Waals surface area (Å²) in [5.41, 5.74) is 8.19. The number of nitrogens with one attached hydrogen (secondary N) is 2. The molecule has 1 aliphatic heterocycles. The van der Waals surface area contributed by atoms with Gasteiger partial charge in [0.25, 0.3) is 0 Å². The number of aromatic amines is 2. The van der Waals surface area contributed by atoms with Crippen LogP contribution in [0.2, 0.25) is 0 Å². The van der Waals surface area contributed by atoms with Crippen LogP contribution in [0, 0.1) is 12.7 Å². The van der Waals surface area contributed by atoms with Gasteiger partial charge in [-0.05, 0) is 79.9 Å². The summed E-state index contributed by atoms with van der Waals surface area (Å²) in [6.45, 7) is 5.06. The Bertz CT molecular complexity index is 1800. The Kier molecular flexibility index (Phi) is 5.85. The number of halogens is 1. The number of hydrogen-bond donors (Lipinski definition) is 2. The summed E-state index contributed by atoms with van der Waals surface area (Å²) in [5.74, 6) is 0.306. The molecule has 0 aliphatic carbocycles. The van der Waals surface area contributed by atoms with Crippen molar-refractivity contribution >= 4 is 22.1 Å². The predicted molar refractivity (Wildman–Crippen MR) is 149 cm³/mol. The molecule has 0 atom stereocenters. The van der Waals surface area contributed by atoms with Gasteiger partial charge in [0.15, 0.2) is 11.5 Å². The van der Waals surface area contributed by atoms with Gasteiger partial charge in [-0.2, -0.15) is 5.10 Å². The third-order valence-electron chi connectivity index (χ3n) is 7.36. The maximum atomic E-state index is 14.2. The van der Waals surface area contributed by atoms with Gasteiger partial charge in [0.05, 0.1) is 22.9 Å². The van der Waals surface area contributed by atoms with E-state index in [9.17, 15) is 4.39 Å². The number of hydrogen-bond acceptors (Lipinski definition) is 6. The van der Waals surface area contributed by atoms with E-state index in [1.54, 1.807) is 12.4 Å². The molecular formula is C30H27FN8. The Labute approximate surface area is 224 Å². The Morgan fingerprint density at radius 1 is 0.949 bits per heavy atom. The van der Waals surface area contributed by atoms with Gasteiger partial charge in [-0.3, -0.25) is 20.0 Å². The Morgan fingerprint density at radius 2 is 1.85 bits per heavy atom. The summed E-state index contributed by atoms with van der Waals surface area (Å²) in [5, 5.41) is 8.52. The zero-order valence-corrected chi connectivity index (χ0v) is 21.6. The van der Waals surface area contributed by atoms with Crippen molar-refractivity contribution in [3.63, 3.8) is 0 Å². The molecule has 8 nitrogen and oxygen atoms in total. The van der Waals surface area contributed by atoms with Gasteiger partial charge in [-0.1, -0.05) is 12.5 Å². The maximum Gasteiger partial charge on any atom is 0.178 e. The number of H-pyrrole nitrogens is 2. The van der Waals surface area contributed by atoms with Gasteiger partial charge in [0.2, 0.25) is 0 Å². The van der Waals surface area contributed by atoms with Crippen molar-refractivity contribution in [3.05, 3.63) is 78.1 Å². The first-order valence-electron chi connectivity index (χ1n) is 13.2. The van der Waals surface area contributed by atoms with E-state index in [-0.39, 0.29) is 5.82 Å². The molecule has 2 N–H and O–H groups in total. The fourth-order valence-corrected chi connectivity index (χ4v) is 5.50. The monoisotopic (exact) mass is 518 g/mol. The molecule has 6 aromatic rings. The average molecular weight is 519 g/mol. The number of pyridine rings is 3. The number of imidazole rings is 1. The molecule has 0 unspecified atom stereocenters. The van der Waals surface area contributed by atoms with Crippen LogP contribution in [0.25, 0.3) is 56.0 Å². The van der Waals surface area contributed by atoms with Crippen LogP contribution in [-0.2, 0) is 6.54 Å². The molecule has 0 saturated carbocycles. The molecule has 6 heterocycles. The number of nitrogens with zero attached hydrogens (tertiary/aromatic N) is 6. The van der Waals surface area contributed by atoms with Crippen molar-refractivity contribution in [2.24, 2.45) is 0 Å². The molecule has 1 aliphatic rings. The molecule has 0 amide bonds. The summed E-state index contributed by atoms with van der Waals surface area (Å²) in [7, 11) is 0. The molecule has 0 radical (unpaired) electrons. The lowest BCUT2D eigenvalue weighted by molar-refractivity contribution is 0.220. The first-order valence-corrected chi connectivity index (χ1v) is 13.2. The lowest BCUT2D eigenvalue weighted by Gasteiger charge is -2.26.